The van der Waals surface area contributed by atoms with Gasteiger partial charge in [-0.05, 0) is 24.1 Å². The van der Waals surface area contributed by atoms with Gasteiger partial charge in [-0.2, -0.15) is 0 Å². The van der Waals surface area contributed by atoms with Crippen LogP contribution in [0.25, 0.3) is 10.9 Å². The molecule has 0 saturated heterocycles. The Balaban J connectivity index is 2.86. The van der Waals surface area contributed by atoms with Crippen LogP contribution in [0.3, 0.4) is 0 Å². The van der Waals surface area contributed by atoms with E-state index in [1.54, 1.807) is 7.11 Å². The molecule has 0 aliphatic rings. The molecule has 2 aromatic rings. The quantitative estimate of drug-likeness (QED) is 0.904. The molecule has 0 aliphatic carbocycles. The molecule has 3 heteroatoms. The van der Waals surface area contributed by atoms with E-state index < -0.39 is 0 Å². The molecule has 0 bridgehead atoms. The number of nitrogens with zero attached hydrogens (tertiary/aromatic N) is 1. The Morgan fingerprint density at radius 2 is 2.00 bits per heavy atom. The molecule has 2 N–H and O–H groups in total. The third-order valence-electron chi connectivity index (χ3n) is 3.75. The Morgan fingerprint density at radius 3 is 2.56 bits per heavy atom. The standard InChI is InChI=1S/C15H22N2O/c1-10-6-7-12(18-5)14-13(10)11(8-17(14)4)15(2,3)9-16/h6-8H,9,16H2,1-5H3. The third-order valence-corrected chi connectivity index (χ3v) is 3.75. The van der Waals surface area contributed by atoms with Crippen LogP contribution in [0.4, 0.5) is 0 Å². The maximum absolute atomic E-state index is 5.92. The van der Waals surface area contributed by atoms with Gasteiger partial charge in [-0.1, -0.05) is 19.9 Å². The fourth-order valence-electron chi connectivity index (χ4n) is 2.47. The second-order valence-corrected chi connectivity index (χ2v) is 5.55. The topological polar surface area (TPSA) is 40.2 Å². The van der Waals surface area contributed by atoms with Crippen molar-refractivity contribution in [2.45, 2.75) is 26.2 Å². The summed E-state index contributed by atoms with van der Waals surface area (Å²) in [7, 11) is 3.77. The van der Waals surface area contributed by atoms with Crippen LogP contribution in [-0.2, 0) is 12.5 Å². The van der Waals surface area contributed by atoms with Gasteiger partial charge < -0.3 is 15.0 Å². The second-order valence-electron chi connectivity index (χ2n) is 5.55. The summed E-state index contributed by atoms with van der Waals surface area (Å²) in [5.41, 5.74) is 9.59. The van der Waals surface area contributed by atoms with E-state index in [1.807, 2.05) is 6.07 Å². The number of fused-ring (bicyclic) bond motifs is 1. The minimum absolute atomic E-state index is 0.0311. The lowest BCUT2D eigenvalue weighted by Crippen LogP contribution is -2.27. The number of hydrogen-bond donors (Lipinski definition) is 1. The number of rotatable bonds is 3. The molecule has 1 heterocycles. The Morgan fingerprint density at radius 1 is 1.33 bits per heavy atom. The van der Waals surface area contributed by atoms with E-state index >= 15 is 0 Å². The highest BCUT2D eigenvalue weighted by molar-refractivity contribution is 5.92. The van der Waals surface area contributed by atoms with Gasteiger partial charge in [0.15, 0.2) is 0 Å². The van der Waals surface area contributed by atoms with Gasteiger partial charge >= 0.3 is 0 Å². The molecule has 0 radical (unpaired) electrons. The van der Waals surface area contributed by atoms with E-state index in [4.69, 9.17) is 10.5 Å². The molecule has 0 saturated carbocycles. The van der Waals surface area contributed by atoms with E-state index in [1.165, 1.54) is 16.5 Å². The zero-order valence-electron chi connectivity index (χ0n) is 11.9. The number of hydrogen-bond acceptors (Lipinski definition) is 2. The smallest absolute Gasteiger partial charge is 0.143 e. The molecule has 1 aromatic carbocycles. The van der Waals surface area contributed by atoms with Crippen LogP contribution in [0, 0.1) is 6.92 Å². The number of benzene rings is 1. The van der Waals surface area contributed by atoms with Crippen LogP contribution < -0.4 is 10.5 Å². The first-order valence-corrected chi connectivity index (χ1v) is 6.25. The molecule has 98 valence electrons. The lowest BCUT2D eigenvalue weighted by atomic mass is 9.83. The Hall–Kier alpha value is -1.48. The Labute approximate surface area is 109 Å². The average Bonchev–Trinajstić information content (AvgIpc) is 2.70. The van der Waals surface area contributed by atoms with Crippen LogP contribution in [-0.4, -0.2) is 18.2 Å². The van der Waals surface area contributed by atoms with E-state index in [2.05, 4.69) is 44.6 Å². The van der Waals surface area contributed by atoms with E-state index in [9.17, 15) is 0 Å². The normalized spacial score (nSPS) is 12.1. The van der Waals surface area contributed by atoms with Crippen LogP contribution in [0.1, 0.15) is 25.0 Å². The summed E-state index contributed by atoms with van der Waals surface area (Å²) in [6, 6.07) is 4.13. The second kappa shape index (κ2) is 4.32. The van der Waals surface area contributed by atoms with Crippen molar-refractivity contribution in [2.75, 3.05) is 13.7 Å². The molecule has 0 amide bonds. The summed E-state index contributed by atoms with van der Waals surface area (Å²) >= 11 is 0. The van der Waals surface area contributed by atoms with Crippen LogP contribution in [0.5, 0.6) is 5.75 Å². The van der Waals surface area contributed by atoms with E-state index in [0.717, 1.165) is 11.3 Å². The minimum atomic E-state index is -0.0311. The summed E-state index contributed by atoms with van der Waals surface area (Å²) < 4.78 is 7.60. The lowest BCUT2D eigenvalue weighted by Gasteiger charge is -2.22. The lowest BCUT2D eigenvalue weighted by molar-refractivity contribution is 0.418. The van der Waals surface area contributed by atoms with Gasteiger partial charge in [-0.15, -0.1) is 0 Å². The number of aromatic nitrogens is 1. The highest BCUT2D eigenvalue weighted by Gasteiger charge is 2.25. The SMILES string of the molecule is COc1ccc(C)c2c(C(C)(C)CN)cn(C)c12. The van der Waals surface area contributed by atoms with Gasteiger partial charge in [0.1, 0.15) is 5.75 Å². The number of nitrogens with two attached hydrogens (primary N) is 1. The molecule has 0 spiro atoms. The molecule has 0 unspecified atom stereocenters. The molecule has 3 nitrogen and oxygen atoms in total. The van der Waals surface area contributed by atoms with Crippen molar-refractivity contribution in [3.63, 3.8) is 0 Å². The minimum Gasteiger partial charge on any atom is -0.495 e. The van der Waals surface area contributed by atoms with Crippen LogP contribution >= 0.6 is 0 Å². The molecule has 2 rings (SSSR count). The predicted octanol–water partition coefficient (Wildman–Crippen LogP) is 2.73. The first-order chi connectivity index (χ1) is 8.42. The first kappa shape index (κ1) is 13.0. The van der Waals surface area contributed by atoms with Crippen molar-refractivity contribution >= 4 is 10.9 Å². The summed E-state index contributed by atoms with van der Waals surface area (Å²) in [4.78, 5) is 0. The third kappa shape index (κ3) is 1.79. The largest absolute Gasteiger partial charge is 0.495 e. The van der Waals surface area contributed by atoms with Crippen LogP contribution in [0.15, 0.2) is 18.3 Å². The molecule has 18 heavy (non-hydrogen) atoms. The molecule has 1 aromatic heterocycles. The maximum atomic E-state index is 5.92. The van der Waals surface area contributed by atoms with E-state index in [0.29, 0.717) is 6.54 Å². The molecular weight excluding hydrogens is 224 g/mol. The zero-order chi connectivity index (χ0) is 13.5. The van der Waals surface area contributed by atoms with Crippen molar-refractivity contribution in [2.24, 2.45) is 12.8 Å². The summed E-state index contributed by atoms with van der Waals surface area (Å²) in [5.74, 6) is 0.914. The number of ether oxygens (including phenoxy) is 1. The van der Waals surface area contributed by atoms with Crippen molar-refractivity contribution in [1.29, 1.82) is 0 Å². The molecule has 0 aliphatic heterocycles. The van der Waals surface area contributed by atoms with Crippen molar-refractivity contribution in [1.82, 2.24) is 4.57 Å². The fourth-order valence-corrected chi connectivity index (χ4v) is 2.47. The Bertz CT molecular complexity index is 582. The van der Waals surface area contributed by atoms with E-state index in [-0.39, 0.29) is 5.41 Å². The Kier molecular flexibility index (Phi) is 3.11. The monoisotopic (exact) mass is 246 g/mol. The maximum Gasteiger partial charge on any atom is 0.143 e. The number of aryl methyl sites for hydroxylation is 2. The first-order valence-electron chi connectivity index (χ1n) is 6.25. The van der Waals surface area contributed by atoms with Gasteiger partial charge in [0.25, 0.3) is 0 Å². The van der Waals surface area contributed by atoms with Crippen molar-refractivity contribution in [3.05, 3.63) is 29.5 Å². The van der Waals surface area contributed by atoms with Gasteiger partial charge in [-0.25, -0.2) is 0 Å². The molecule has 0 fully saturated rings. The summed E-state index contributed by atoms with van der Waals surface area (Å²) in [5, 5.41) is 1.27. The fraction of sp³-hybridized carbons (Fsp3) is 0.467. The zero-order valence-corrected chi connectivity index (χ0v) is 11.9. The summed E-state index contributed by atoms with van der Waals surface area (Å²) in [6.07, 6.45) is 2.17. The van der Waals surface area contributed by atoms with Gasteiger partial charge in [0.05, 0.1) is 12.6 Å². The number of methoxy groups -OCH3 is 1. The van der Waals surface area contributed by atoms with Crippen molar-refractivity contribution < 1.29 is 4.74 Å². The van der Waals surface area contributed by atoms with Crippen molar-refractivity contribution in [3.8, 4) is 5.75 Å². The summed E-state index contributed by atoms with van der Waals surface area (Å²) in [6.45, 7) is 7.13. The highest BCUT2D eigenvalue weighted by Crippen LogP contribution is 2.37. The molecule has 0 atom stereocenters. The molecular formula is C15H22N2O. The van der Waals surface area contributed by atoms with Gasteiger partial charge in [0, 0.05) is 30.6 Å². The van der Waals surface area contributed by atoms with Gasteiger partial charge in [0.2, 0.25) is 0 Å². The average molecular weight is 246 g/mol. The highest BCUT2D eigenvalue weighted by atomic mass is 16.5. The van der Waals surface area contributed by atoms with Crippen LogP contribution in [0.2, 0.25) is 0 Å². The van der Waals surface area contributed by atoms with Gasteiger partial charge in [-0.3, -0.25) is 0 Å². The predicted molar refractivity (Wildman–Crippen MR) is 76.3 cm³/mol.